The molecule has 3 N–H and O–H groups in total. The first-order chi connectivity index (χ1) is 7.41. The second kappa shape index (κ2) is 13.9. The van der Waals surface area contributed by atoms with Crippen molar-refractivity contribution in [3.05, 3.63) is 0 Å². The Balaban J connectivity index is 2.81. The zero-order valence-electron chi connectivity index (χ0n) is 10.3. The molecule has 0 spiro atoms. The van der Waals surface area contributed by atoms with Crippen molar-refractivity contribution >= 4 is 0 Å². The summed E-state index contributed by atoms with van der Waals surface area (Å²) in [5.41, 5.74) is 5.36. The van der Waals surface area contributed by atoms with E-state index in [1.165, 1.54) is 38.5 Å². The van der Waals surface area contributed by atoms with Crippen LogP contribution in [0.25, 0.3) is 0 Å². The van der Waals surface area contributed by atoms with Gasteiger partial charge in [-0.25, -0.2) is 0 Å². The fourth-order valence-corrected chi connectivity index (χ4v) is 1.50. The highest BCUT2D eigenvalue weighted by molar-refractivity contribution is 4.47. The lowest BCUT2D eigenvalue weighted by Gasteiger charge is -2.03. The molecule has 92 valence electrons. The molecule has 0 unspecified atom stereocenters. The third kappa shape index (κ3) is 13.9. The van der Waals surface area contributed by atoms with Crippen LogP contribution in [0.2, 0.25) is 0 Å². The highest BCUT2D eigenvalue weighted by atomic mass is 16.5. The second-order valence-electron chi connectivity index (χ2n) is 3.98. The fraction of sp³-hybridized carbons (Fsp3) is 1.00. The van der Waals surface area contributed by atoms with E-state index in [1.54, 1.807) is 0 Å². The molecule has 0 aliphatic heterocycles. The Labute approximate surface area is 94.8 Å². The Bertz CT molecular complexity index is 97.8. The summed E-state index contributed by atoms with van der Waals surface area (Å²) in [7, 11) is 2.01. The molecule has 3 nitrogen and oxygen atoms in total. The Morgan fingerprint density at radius 1 is 0.867 bits per heavy atom. The van der Waals surface area contributed by atoms with Crippen LogP contribution in [0.15, 0.2) is 0 Å². The minimum Gasteiger partial charge on any atom is -0.381 e. The maximum Gasteiger partial charge on any atom is 0.0478 e. The maximum atomic E-state index is 5.43. The molecule has 0 aromatic rings. The number of ether oxygens (including phenoxy) is 1. The summed E-state index contributed by atoms with van der Waals surface area (Å²) >= 11 is 0. The van der Waals surface area contributed by atoms with Crippen LogP contribution in [0.4, 0.5) is 0 Å². The van der Waals surface area contributed by atoms with E-state index in [9.17, 15) is 0 Å². The zero-order valence-corrected chi connectivity index (χ0v) is 10.3. The largest absolute Gasteiger partial charge is 0.381 e. The molecule has 0 amide bonds. The molecule has 0 aliphatic rings. The van der Waals surface area contributed by atoms with Gasteiger partial charge in [0.15, 0.2) is 0 Å². The number of nitrogens with one attached hydrogen (secondary N) is 1. The highest BCUT2D eigenvalue weighted by Crippen LogP contribution is 2.04. The average Bonchev–Trinajstić information content (AvgIpc) is 2.26. The van der Waals surface area contributed by atoms with Gasteiger partial charge >= 0.3 is 0 Å². The van der Waals surface area contributed by atoms with Crippen molar-refractivity contribution in [3.8, 4) is 0 Å². The van der Waals surface area contributed by atoms with Crippen LogP contribution in [-0.2, 0) is 4.74 Å². The molecule has 0 fully saturated rings. The molecule has 0 aromatic heterocycles. The summed E-state index contributed by atoms with van der Waals surface area (Å²) in [6, 6.07) is 0. The van der Waals surface area contributed by atoms with Crippen LogP contribution in [0, 0.1) is 0 Å². The number of hydrogen-bond acceptors (Lipinski definition) is 3. The van der Waals surface area contributed by atoms with Gasteiger partial charge in [0.2, 0.25) is 0 Å². The number of nitrogens with two attached hydrogens (primary N) is 1. The molecule has 0 aliphatic carbocycles. The lowest BCUT2D eigenvalue weighted by molar-refractivity contribution is 0.129. The molecule has 0 bridgehead atoms. The van der Waals surface area contributed by atoms with E-state index in [-0.39, 0.29) is 0 Å². The molecular formula is C12H28N2O. The Kier molecular flexibility index (Phi) is 13.8. The third-order valence-corrected chi connectivity index (χ3v) is 2.46. The third-order valence-electron chi connectivity index (χ3n) is 2.46. The molecule has 0 aromatic carbocycles. The topological polar surface area (TPSA) is 47.3 Å². The van der Waals surface area contributed by atoms with E-state index < -0.39 is 0 Å². The van der Waals surface area contributed by atoms with Crippen molar-refractivity contribution in [1.82, 2.24) is 5.32 Å². The summed E-state index contributed by atoms with van der Waals surface area (Å²) < 4.78 is 5.43. The van der Waals surface area contributed by atoms with E-state index >= 15 is 0 Å². The number of hydrogen-bond donors (Lipinski definition) is 2. The molecule has 0 rings (SSSR count). The van der Waals surface area contributed by atoms with E-state index in [1.807, 2.05) is 7.05 Å². The first-order valence-corrected chi connectivity index (χ1v) is 6.34. The lowest BCUT2D eigenvalue weighted by atomic mass is 10.1. The molecule has 0 saturated heterocycles. The van der Waals surface area contributed by atoms with Gasteiger partial charge in [0.25, 0.3) is 0 Å². The number of unbranched alkanes of at least 4 members (excludes halogenated alkanes) is 5. The van der Waals surface area contributed by atoms with Gasteiger partial charge in [-0.1, -0.05) is 25.7 Å². The van der Waals surface area contributed by atoms with Crippen molar-refractivity contribution in [2.24, 2.45) is 5.73 Å². The van der Waals surface area contributed by atoms with Crippen LogP contribution in [0.1, 0.15) is 44.9 Å². The molecule has 0 saturated carbocycles. The lowest BCUT2D eigenvalue weighted by Crippen LogP contribution is -2.07. The van der Waals surface area contributed by atoms with Crippen LogP contribution in [0.3, 0.4) is 0 Å². The summed E-state index contributed by atoms with van der Waals surface area (Å²) in [4.78, 5) is 0. The van der Waals surface area contributed by atoms with Crippen LogP contribution < -0.4 is 11.1 Å². The SMILES string of the molecule is CNCCCCCCCCOCCCN. The van der Waals surface area contributed by atoms with E-state index in [0.717, 1.165) is 32.7 Å². The van der Waals surface area contributed by atoms with Crippen molar-refractivity contribution < 1.29 is 4.74 Å². The first-order valence-electron chi connectivity index (χ1n) is 6.34. The Morgan fingerprint density at radius 2 is 1.47 bits per heavy atom. The van der Waals surface area contributed by atoms with Crippen molar-refractivity contribution in [2.45, 2.75) is 44.9 Å². The minimum atomic E-state index is 0.742. The minimum absolute atomic E-state index is 0.742. The van der Waals surface area contributed by atoms with E-state index in [2.05, 4.69) is 5.32 Å². The maximum absolute atomic E-state index is 5.43. The highest BCUT2D eigenvalue weighted by Gasteiger charge is 1.91. The zero-order chi connectivity index (χ0) is 11.2. The average molecular weight is 216 g/mol. The Morgan fingerprint density at radius 3 is 2.13 bits per heavy atom. The van der Waals surface area contributed by atoms with Crippen molar-refractivity contribution in [3.63, 3.8) is 0 Å². The predicted molar refractivity (Wildman–Crippen MR) is 66.1 cm³/mol. The molecule has 15 heavy (non-hydrogen) atoms. The first kappa shape index (κ1) is 14.9. The van der Waals surface area contributed by atoms with Gasteiger partial charge < -0.3 is 15.8 Å². The quantitative estimate of drug-likeness (QED) is 0.490. The smallest absolute Gasteiger partial charge is 0.0478 e. The van der Waals surface area contributed by atoms with Crippen molar-refractivity contribution in [2.75, 3.05) is 33.4 Å². The molecular weight excluding hydrogens is 188 g/mol. The predicted octanol–water partition coefficient (Wildman–Crippen LogP) is 1.91. The van der Waals surface area contributed by atoms with Crippen molar-refractivity contribution in [1.29, 1.82) is 0 Å². The van der Waals surface area contributed by atoms with Gasteiger partial charge in [0.1, 0.15) is 0 Å². The standard InChI is InChI=1S/C12H28N2O/c1-14-10-6-4-2-3-5-7-11-15-12-8-9-13/h14H,2-13H2,1H3. The summed E-state index contributed by atoms with van der Waals surface area (Å²) in [5.74, 6) is 0. The monoisotopic (exact) mass is 216 g/mol. The molecule has 0 atom stereocenters. The van der Waals surface area contributed by atoms with Gasteiger partial charge in [0.05, 0.1) is 0 Å². The van der Waals surface area contributed by atoms with Gasteiger partial charge in [-0.2, -0.15) is 0 Å². The van der Waals surface area contributed by atoms with E-state index in [4.69, 9.17) is 10.5 Å². The Hall–Kier alpha value is -0.120. The molecule has 0 radical (unpaired) electrons. The summed E-state index contributed by atoms with van der Waals surface area (Å²) in [6.07, 6.45) is 8.88. The van der Waals surface area contributed by atoms with Gasteiger partial charge in [-0.15, -0.1) is 0 Å². The fourth-order valence-electron chi connectivity index (χ4n) is 1.50. The molecule has 3 heteroatoms. The summed E-state index contributed by atoms with van der Waals surface area (Å²) in [6.45, 7) is 3.64. The number of rotatable bonds is 12. The van der Waals surface area contributed by atoms with Gasteiger partial charge in [0, 0.05) is 13.2 Å². The normalized spacial score (nSPS) is 10.8. The second-order valence-corrected chi connectivity index (χ2v) is 3.98. The molecule has 0 heterocycles. The van der Waals surface area contributed by atoms with E-state index in [0.29, 0.717) is 0 Å². The summed E-state index contributed by atoms with van der Waals surface area (Å²) in [5, 5.41) is 3.17. The van der Waals surface area contributed by atoms with Gasteiger partial charge in [-0.05, 0) is 39.4 Å². The van der Waals surface area contributed by atoms with Crippen LogP contribution in [-0.4, -0.2) is 33.4 Å². The van der Waals surface area contributed by atoms with Gasteiger partial charge in [-0.3, -0.25) is 0 Å². The van der Waals surface area contributed by atoms with Crippen LogP contribution in [0.5, 0.6) is 0 Å². The van der Waals surface area contributed by atoms with Crippen LogP contribution >= 0.6 is 0 Å².